The Bertz CT molecular complexity index is 3040. The number of aryl methyl sites for hydroxylation is 5. The van der Waals surface area contributed by atoms with Crippen molar-refractivity contribution in [1.29, 1.82) is 0 Å². The summed E-state index contributed by atoms with van der Waals surface area (Å²) < 4.78 is 16.8. The normalized spacial score (nSPS) is 11.4. The second kappa shape index (κ2) is 13.8. The third-order valence-electron chi connectivity index (χ3n) is 10.6. The summed E-state index contributed by atoms with van der Waals surface area (Å²) >= 11 is 0. The molecule has 0 spiro atoms. The first-order valence-corrected chi connectivity index (χ1v) is 18.5. The van der Waals surface area contributed by atoms with Crippen LogP contribution in [-0.4, -0.2) is 9.97 Å². The molecule has 266 valence electrons. The van der Waals surface area contributed by atoms with Gasteiger partial charge in [-0.05, 0) is 78.4 Å². The molecule has 6 heterocycles. The van der Waals surface area contributed by atoms with Crippen LogP contribution < -0.4 is 9.13 Å². The molecule has 10 aromatic rings. The molecule has 0 aliphatic rings. The van der Waals surface area contributed by atoms with Gasteiger partial charge in [0.05, 0.1) is 11.1 Å². The van der Waals surface area contributed by atoms with Crippen molar-refractivity contribution >= 4 is 44.1 Å². The Morgan fingerprint density at radius 3 is 1.55 bits per heavy atom. The summed E-state index contributed by atoms with van der Waals surface area (Å²) in [5.41, 5.74) is 16.1. The van der Waals surface area contributed by atoms with E-state index in [4.69, 9.17) is 8.83 Å². The lowest BCUT2D eigenvalue weighted by Gasteiger charge is -2.10. The lowest BCUT2D eigenvalue weighted by Crippen LogP contribution is -2.31. The van der Waals surface area contributed by atoms with E-state index in [0.717, 1.165) is 55.2 Å². The highest BCUT2D eigenvalue weighted by Gasteiger charge is 2.24. The summed E-state index contributed by atoms with van der Waals surface area (Å²) in [6.07, 6.45) is 7.84. The number of pyridine rings is 4. The Kier molecular flexibility index (Phi) is 8.51. The average molecular weight is 717 g/mol. The van der Waals surface area contributed by atoms with Crippen molar-refractivity contribution in [1.82, 2.24) is 9.97 Å². The first-order valence-electron chi connectivity index (χ1n) is 18.5. The lowest BCUT2D eigenvalue weighted by molar-refractivity contribution is -0.660. The van der Waals surface area contributed by atoms with Crippen molar-refractivity contribution in [2.45, 2.75) is 20.8 Å². The van der Waals surface area contributed by atoms with Crippen LogP contribution in [0.2, 0.25) is 0 Å². The number of furan rings is 2. The van der Waals surface area contributed by atoms with Crippen LogP contribution in [0.15, 0.2) is 161 Å². The van der Waals surface area contributed by atoms with E-state index in [0.29, 0.717) is 11.4 Å². The van der Waals surface area contributed by atoms with Crippen LogP contribution in [0.1, 0.15) is 16.7 Å². The minimum atomic E-state index is 0.682. The molecule has 0 unspecified atom stereocenters. The number of aromatic nitrogens is 4. The van der Waals surface area contributed by atoms with Gasteiger partial charge in [-0.3, -0.25) is 0 Å². The number of benzene rings is 4. The van der Waals surface area contributed by atoms with Gasteiger partial charge in [-0.1, -0.05) is 84.9 Å². The molecule has 0 bridgehead atoms. The fourth-order valence-corrected chi connectivity index (χ4v) is 7.77. The highest BCUT2D eigenvalue weighted by molar-refractivity contribution is 6.09. The van der Waals surface area contributed by atoms with E-state index in [9.17, 15) is 0 Å². The quantitative estimate of drug-likeness (QED) is 0.170. The third kappa shape index (κ3) is 6.02. The maximum absolute atomic E-state index is 6.23. The molecule has 6 heteroatoms. The zero-order chi connectivity index (χ0) is 37.6. The predicted molar refractivity (Wildman–Crippen MR) is 221 cm³/mol. The van der Waals surface area contributed by atoms with E-state index >= 15 is 0 Å². The van der Waals surface area contributed by atoms with Gasteiger partial charge in [0, 0.05) is 57.7 Å². The predicted octanol–water partition coefficient (Wildman–Crippen LogP) is 11.2. The largest absolute Gasteiger partial charge is 0.437 e. The highest BCUT2D eigenvalue weighted by atomic mass is 16.3. The number of fused-ring (bicyclic) bond motifs is 6. The van der Waals surface area contributed by atoms with Gasteiger partial charge in [-0.25, -0.2) is 19.1 Å². The van der Waals surface area contributed by atoms with Crippen molar-refractivity contribution in [3.05, 3.63) is 169 Å². The van der Waals surface area contributed by atoms with Gasteiger partial charge >= 0.3 is 0 Å². The van der Waals surface area contributed by atoms with Gasteiger partial charge in [0.15, 0.2) is 23.6 Å². The van der Waals surface area contributed by atoms with Gasteiger partial charge < -0.3 is 8.83 Å². The first-order chi connectivity index (χ1) is 26.9. The van der Waals surface area contributed by atoms with E-state index in [1.807, 2.05) is 18.2 Å². The molecule has 0 aliphatic heterocycles. The number of hydrogen-bond acceptors (Lipinski definition) is 4. The Morgan fingerprint density at radius 1 is 0.455 bits per heavy atom. The van der Waals surface area contributed by atoms with Crippen molar-refractivity contribution < 1.29 is 18.0 Å². The third-order valence-corrected chi connectivity index (χ3v) is 10.6. The zero-order valence-electron chi connectivity index (χ0n) is 31.5. The molecule has 55 heavy (non-hydrogen) atoms. The minimum Gasteiger partial charge on any atom is -0.437 e. The van der Waals surface area contributed by atoms with Crippen molar-refractivity contribution in [2.24, 2.45) is 14.1 Å². The smallest absolute Gasteiger partial charge is 0.227 e. The summed E-state index contributed by atoms with van der Waals surface area (Å²) in [5.74, 6) is 0. The molecule has 4 aromatic carbocycles. The van der Waals surface area contributed by atoms with Crippen LogP contribution in [0.4, 0.5) is 0 Å². The van der Waals surface area contributed by atoms with Gasteiger partial charge in [-0.15, -0.1) is 0 Å². The summed E-state index contributed by atoms with van der Waals surface area (Å²) in [4.78, 5) is 8.81. The van der Waals surface area contributed by atoms with Crippen LogP contribution >= 0.6 is 0 Å². The topological polar surface area (TPSA) is 59.8 Å². The van der Waals surface area contributed by atoms with Gasteiger partial charge in [0.1, 0.15) is 14.1 Å². The molecule has 0 N–H and O–H groups in total. The van der Waals surface area contributed by atoms with Crippen molar-refractivity contribution in [3.8, 4) is 44.8 Å². The van der Waals surface area contributed by atoms with E-state index in [-0.39, 0.29) is 0 Å². The molecule has 6 nitrogen and oxygen atoms in total. The summed E-state index contributed by atoms with van der Waals surface area (Å²) in [6, 6.07) is 44.3. The van der Waals surface area contributed by atoms with Gasteiger partial charge in [0.2, 0.25) is 22.8 Å². The van der Waals surface area contributed by atoms with E-state index in [1.54, 1.807) is 12.4 Å². The van der Waals surface area contributed by atoms with E-state index in [1.165, 1.54) is 38.9 Å². The molecule has 6 aromatic heterocycles. The Morgan fingerprint density at radius 2 is 0.982 bits per heavy atom. The molecule has 0 saturated carbocycles. The molecular formula is C49H40N4O2+2. The Hall–Kier alpha value is -6.92. The fourth-order valence-electron chi connectivity index (χ4n) is 7.77. The average Bonchev–Trinajstić information content (AvgIpc) is 3.78. The number of rotatable bonds is 4. The SMILES string of the molecule is Cc1c[n+](C)c(-c2c(C)ccc3c2oc2ncccc23)cc1-c1ccccc1.Cc1ccc2c(oc3ncccc32)c1-c1cc(-c2ccccc2)cc[n+]1C. The summed E-state index contributed by atoms with van der Waals surface area (Å²) in [5, 5.41) is 4.31. The van der Waals surface area contributed by atoms with Crippen LogP contribution in [-0.2, 0) is 14.1 Å². The van der Waals surface area contributed by atoms with Gasteiger partial charge in [0.25, 0.3) is 0 Å². The molecule has 0 fully saturated rings. The Labute approximate surface area is 319 Å². The number of hydrogen-bond donors (Lipinski definition) is 0. The van der Waals surface area contributed by atoms with Crippen molar-refractivity contribution in [2.75, 3.05) is 0 Å². The van der Waals surface area contributed by atoms with Gasteiger partial charge in [-0.2, -0.15) is 0 Å². The van der Waals surface area contributed by atoms with E-state index < -0.39 is 0 Å². The Balaban J connectivity index is 0.000000144. The fraction of sp³-hybridized carbons (Fsp3) is 0.102. The second-order valence-electron chi connectivity index (χ2n) is 14.2. The molecule has 0 aliphatic carbocycles. The van der Waals surface area contributed by atoms with Crippen LogP contribution in [0.3, 0.4) is 0 Å². The standard InChI is InChI=1S/C25H21N2O.C24H19N2O/c1-16-11-12-19-20-10-7-13-26-25(20)28-24(19)23(16)22-14-21(17(2)15-27(22)3)18-8-5-4-6-9-18;1-16-10-11-19-20-9-6-13-25-24(20)27-23(19)22(16)21-15-18(12-14-26(21)2)17-7-4-3-5-8-17/h4-15H,1-3H3;3-15H,1-2H3/q2*+1. The molecule has 0 saturated heterocycles. The maximum atomic E-state index is 6.23. The zero-order valence-corrected chi connectivity index (χ0v) is 31.5. The van der Waals surface area contributed by atoms with Crippen LogP contribution in [0, 0.1) is 20.8 Å². The monoisotopic (exact) mass is 716 g/mol. The second-order valence-corrected chi connectivity index (χ2v) is 14.2. The maximum Gasteiger partial charge on any atom is 0.227 e. The molecule has 0 radical (unpaired) electrons. The lowest BCUT2D eigenvalue weighted by atomic mass is 9.96. The summed E-state index contributed by atoms with van der Waals surface area (Å²) in [6.45, 7) is 6.42. The molecule has 0 atom stereocenters. The van der Waals surface area contributed by atoms with Crippen LogP contribution in [0.5, 0.6) is 0 Å². The first kappa shape index (κ1) is 33.9. The molecule has 0 amide bonds. The minimum absolute atomic E-state index is 0.682. The van der Waals surface area contributed by atoms with Crippen LogP contribution in [0.25, 0.3) is 88.9 Å². The summed E-state index contributed by atoms with van der Waals surface area (Å²) in [7, 11) is 4.17. The number of nitrogens with zero attached hydrogens (tertiary/aromatic N) is 4. The van der Waals surface area contributed by atoms with E-state index in [2.05, 4.69) is 176 Å². The highest BCUT2D eigenvalue weighted by Crippen LogP contribution is 2.39. The molecular weight excluding hydrogens is 677 g/mol. The van der Waals surface area contributed by atoms with Crippen molar-refractivity contribution in [3.63, 3.8) is 0 Å². The molecule has 10 rings (SSSR count).